The van der Waals surface area contributed by atoms with Gasteiger partial charge in [0.2, 0.25) is 5.91 Å². The molecular formula is C19H20BrN3O. The smallest absolute Gasteiger partial charge is 0.240 e. The summed E-state index contributed by atoms with van der Waals surface area (Å²) in [5.74, 6) is 0.806. The third-order valence-corrected chi connectivity index (χ3v) is 4.55. The number of nitrogens with one attached hydrogen (secondary N) is 1. The fourth-order valence-corrected chi connectivity index (χ4v) is 3.05. The monoisotopic (exact) mass is 385 g/mol. The van der Waals surface area contributed by atoms with Gasteiger partial charge >= 0.3 is 0 Å². The van der Waals surface area contributed by atoms with Gasteiger partial charge in [0.15, 0.2) is 0 Å². The zero-order valence-corrected chi connectivity index (χ0v) is 15.4. The molecule has 24 heavy (non-hydrogen) atoms. The van der Waals surface area contributed by atoms with Gasteiger partial charge in [-0.1, -0.05) is 47.1 Å². The Kier molecular flexibility index (Phi) is 5.00. The van der Waals surface area contributed by atoms with Crippen molar-refractivity contribution >= 4 is 32.9 Å². The molecule has 4 nitrogen and oxygen atoms in total. The highest BCUT2D eigenvalue weighted by Gasteiger charge is 2.16. The van der Waals surface area contributed by atoms with Crippen LogP contribution < -0.4 is 5.32 Å². The highest BCUT2D eigenvalue weighted by molar-refractivity contribution is 9.10. The molecule has 0 aliphatic carbocycles. The fraction of sp³-hybridized carbons (Fsp3) is 0.263. The molecular weight excluding hydrogens is 366 g/mol. The Bertz CT molecular complexity index is 872. The molecule has 0 saturated carbocycles. The van der Waals surface area contributed by atoms with Gasteiger partial charge in [0.25, 0.3) is 0 Å². The molecule has 2 aromatic carbocycles. The molecule has 0 saturated heterocycles. The van der Waals surface area contributed by atoms with Crippen molar-refractivity contribution < 1.29 is 4.79 Å². The van der Waals surface area contributed by atoms with E-state index in [9.17, 15) is 4.79 Å². The minimum Gasteiger partial charge on any atom is -0.352 e. The lowest BCUT2D eigenvalue weighted by atomic mass is 10.2. The van der Waals surface area contributed by atoms with Crippen LogP contribution in [0.4, 0.5) is 0 Å². The molecule has 0 fully saturated rings. The van der Waals surface area contributed by atoms with Crippen molar-refractivity contribution in [3.63, 3.8) is 0 Å². The molecule has 124 valence electrons. The maximum Gasteiger partial charge on any atom is 0.240 e. The summed E-state index contributed by atoms with van der Waals surface area (Å²) in [4.78, 5) is 17.1. The molecule has 0 radical (unpaired) electrons. The van der Waals surface area contributed by atoms with Crippen LogP contribution in [0.15, 0.2) is 53.0 Å². The number of benzene rings is 2. The number of halogens is 1. The lowest BCUT2D eigenvalue weighted by Gasteiger charge is -2.14. The van der Waals surface area contributed by atoms with E-state index in [1.807, 2.05) is 60.0 Å². The van der Waals surface area contributed by atoms with Gasteiger partial charge in [-0.15, -0.1) is 0 Å². The molecule has 5 heteroatoms. The Morgan fingerprint density at radius 1 is 1.25 bits per heavy atom. The van der Waals surface area contributed by atoms with Crippen LogP contribution in [0.5, 0.6) is 0 Å². The molecule has 1 heterocycles. The summed E-state index contributed by atoms with van der Waals surface area (Å²) in [7, 11) is 0. The van der Waals surface area contributed by atoms with Crippen LogP contribution in [0.25, 0.3) is 22.4 Å². The highest BCUT2D eigenvalue weighted by Crippen LogP contribution is 2.26. The Balaban J connectivity index is 2.04. The van der Waals surface area contributed by atoms with Crippen molar-refractivity contribution in [3.8, 4) is 11.4 Å². The molecule has 3 rings (SSSR count). The molecule has 1 amide bonds. The van der Waals surface area contributed by atoms with Crippen molar-refractivity contribution in [1.29, 1.82) is 0 Å². The molecule has 0 aliphatic rings. The molecule has 0 bridgehead atoms. The lowest BCUT2D eigenvalue weighted by molar-refractivity contribution is -0.122. The first-order valence-corrected chi connectivity index (χ1v) is 8.88. The first-order valence-electron chi connectivity index (χ1n) is 8.09. The van der Waals surface area contributed by atoms with E-state index in [-0.39, 0.29) is 18.5 Å². The number of carbonyl (C=O) groups excluding carboxylic acids is 1. The summed E-state index contributed by atoms with van der Waals surface area (Å²) in [6.45, 7) is 4.33. The third-order valence-electron chi connectivity index (χ3n) is 4.06. The largest absolute Gasteiger partial charge is 0.352 e. The Morgan fingerprint density at radius 3 is 2.79 bits per heavy atom. The molecule has 1 N–H and O–H groups in total. The average Bonchev–Trinajstić information content (AvgIpc) is 2.93. The van der Waals surface area contributed by atoms with Gasteiger partial charge in [0.05, 0.1) is 11.0 Å². The number of nitrogens with zero attached hydrogens (tertiary/aromatic N) is 2. The molecule has 0 aliphatic heterocycles. The van der Waals surface area contributed by atoms with Gasteiger partial charge < -0.3 is 9.88 Å². The zero-order chi connectivity index (χ0) is 17.1. The maximum absolute atomic E-state index is 12.4. The van der Waals surface area contributed by atoms with Crippen molar-refractivity contribution in [2.45, 2.75) is 32.9 Å². The van der Waals surface area contributed by atoms with E-state index >= 15 is 0 Å². The van der Waals surface area contributed by atoms with Crippen LogP contribution in [0, 0.1) is 0 Å². The highest BCUT2D eigenvalue weighted by atomic mass is 79.9. The Labute approximate surface area is 150 Å². The van der Waals surface area contributed by atoms with E-state index in [1.165, 1.54) is 0 Å². The first-order chi connectivity index (χ1) is 11.6. The maximum atomic E-state index is 12.4. The zero-order valence-electron chi connectivity index (χ0n) is 13.8. The van der Waals surface area contributed by atoms with Crippen molar-refractivity contribution in [2.24, 2.45) is 0 Å². The van der Waals surface area contributed by atoms with Gasteiger partial charge in [0.1, 0.15) is 12.4 Å². The summed E-state index contributed by atoms with van der Waals surface area (Å²) < 4.78 is 2.97. The van der Waals surface area contributed by atoms with E-state index in [2.05, 4.69) is 28.2 Å². The van der Waals surface area contributed by atoms with Crippen LogP contribution in [0.1, 0.15) is 20.3 Å². The first kappa shape index (κ1) is 16.7. The second kappa shape index (κ2) is 7.18. The minimum absolute atomic E-state index is 0.00347. The fourth-order valence-electron chi connectivity index (χ4n) is 2.65. The molecule has 3 aromatic rings. The van der Waals surface area contributed by atoms with Crippen LogP contribution in [-0.2, 0) is 11.3 Å². The summed E-state index contributed by atoms with van der Waals surface area (Å²) in [5.41, 5.74) is 2.84. The predicted octanol–water partition coefficient (Wildman–Crippen LogP) is 4.38. The van der Waals surface area contributed by atoms with E-state index in [0.29, 0.717) is 0 Å². The second-order valence-electron chi connectivity index (χ2n) is 5.90. The lowest BCUT2D eigenvalue weighted by Crippen LogP contribution is -2.34. The quantitative estimate of drug-likeness (QED) is 0.708. The summed E-state index contributed by atoms with van der Waals surface area (Å²) in [6.07, 6.45) is 0.912. The van der Waals surface area contributed by atoms with Crippen LogP contribution in [0.3, 0.4) is 0 Å². The number of hydrogen-bond acceptors (Lipinski definition) is 2. The van der Waals surface area contributed by atoms with Crippen molar-refractivity contribution in [1.82, 2.24) is 14.9 Å². The molecule has 0 spiro atoms. The number of carbonyl (C=O) groups is 1. The summed E-state index contributed by atoms with van der Waals surface area (Å²) >= 11 is 3.50. The Morgan fingerprint density at radius 2 is 2.04 bits per heavy atom. The number of aromatic nitrogens is 2. The van der Waals surface area contributed by atoms with E-state index in [0.717, 1.165) is 33.3 Å². The molecule has 1 aromatic heterocycles. The van der Waals surface area contributed by atoms with Gasteiger partial charge in [-0.3, -0.25) is 4.79 Å². The van der Waals surface area contributed by atoms with E-state index in [1.54, 1.807) is 0 Å². The summed E-state index contributed by atoms with van der Waals surface area (Å²) in [5, 5.41) is 3.03. The number of hydrogen-bond donors (Lipinski definition) is 1. The molecule has 1 unspecified atom stereocenters. The number of rotatable bonds is 5. The SMILES string of the molecule is CCC(C)NC(=O)Cn1c(-c2cccc(Br)c2)nc2ccccc21. The van der Waals surface area contributed by atoms with Crippen molar-refractivity contribution in [2.75, 3.05) is 0 Å². The van der Waals surface area contributed by atoms with Gasteiger partial charge in [-0.25, -0.2) is 4.98 Å². The number of imidazole rings is 1. The van der Waals surface area contributed by atoms with Crippen LogP contribution in [-0.4, -0.2) is 21.5 Å². The number of fused-ring (bicyclic) bond motifs is 1. The molecule has 1 atom stereocenters. The predicted molar refractivity (Wildman–Crippen MR) is 101 cm³/mol. The third kappa shape index (κ3) is 3.51. The number of para-hydroxylation sites is 2. The average molecular weight is 386 g/mol. The van der Waals surface area contributed by atoms with Gasteiger partial charge in [0, 0.05) is 16.1 Å². The normalized spacial score (nSPS) is 12.3. The van der Waals surface area contributed by atoms with Crippen LogP contribution >= 0.6 is 15.9 Å². The van der Waals surface area contributed by atoms with Crippen LogP contribution in [0.2, 0.25) is 0 Å². The second-order valence-corrected chi connectivity index (χ2v) is 6.81. The standard InChI is InChI=1S/C19H20BrN3O/c1-3-13(2)21-18(24)12-23-17-10-5-4-9-16(17)22-19(23)14-7-6-8-15(20)11-14/h4-11,13H,3,12H2,1-2H3,(H,21,24). The van der Waals surface area contributed by atoms with E-state index < -0.39 is 0 Å². The van der Waals surface area contributed by atoms with Gasteiger partial charge in [-0.2, -0.15) is 0 Å². The van der Waals surface area contributed by atoms with Gasteiger partial charge in [-0.05, 0) is 37.6 Å². The minimum atomic E-state index is 0.00347. The number of amides is 1. The van der Waals surface area contributed by atoms with E-state index in [4.69, 9.17) is 4.98 Å². The topological polar surface area (TPSA) is 46.9 Å². The Hall–Kier alpha value is -2.14. The van der Waals surface area contributed by atoms with Crippen molar-refractivity contribution in [3.05, 3.63) is 53.0 Å². The summed E-state index contributed by atoms with van der Waals surface area (Å²) in [6, 6.07) is 16.1.